The molecule has 0 saturated carbocycles. The third kappa shape index (κ3) is 4.22. The van der Waals surface area contributed by atoms with E-state index in [9.17, 15) is 12.8 Å². The van der Waals surface area contributed by atoms with Crippen molar-refractivity contribution in [1.29, 1.82) is 0 Å². The topological polar surface area (TPSA) is 71.1 Å². The van der Waals surface area contributed by atoms with Gasteiger partial charge in [0.1, 0.15) is 0 Å². The van der Waals surface area contributed by atoms with Gasteiger partial charge in [-0.2, -0.15) is 17.5 Å². The Morgan fingerprint density at radius 3 is 2.73 bits per heavy atom. The van der Waals surface area contributed by atoms with Gasteiger partial charge in [0, 0.05) is 6.54 Å². The zero-order valence-electron chi connectivity index (χ0n) is 8.20. The molecule has 5 nitrogen and oxygen atoms in total. The Hall–Kier alpha value is -1.21. The van der Waals surface area contributed by atoms with Gasteiger partial charge in [-0.15, -0.1) is 0 Å². The van der Waals surface area contributed by atoms with Crippen molar-refractivity contribution in [2.75, 3.05) is 11.3 Å². The summed E-state index contributed by atoms with van der Waals surface area (Å²) >= 11 is 0. The van der Waals surface area contributed by atoms with E-state index in [1.54, 1.807) is 0 Å². The molecule has 1 aromatic rings. The van der Waals surface area contributed by atoms with Gasteiger partial charge in [-0.05, 0) is 18.6 Å². The standard InChI is InChI=1S/C8H12FN3O2S/c1-2-5-11-15(13,14)12-7-3-4-8(9)10-6-7/h3-4,6,11-12H,2,5H2,1H3. The Morgan fingerprint density at radius 2 is 2.20 bits per heavy atom. The highest BCUT2D eigenvalue weighted by Crippen LogP contribution is 2.06. The molecule has 15 heavy (non-hydrogen) atoms. The molecule has 0 aliphatic heterocycles. The highest BCUT2D eigenvalue weighted by atomic mass is 32.2. The average molecular weight is 233 g/mol. The number of halogens is 1. The predicted octanol–water partition coefficient (Wildman–Crippen LogP) is 0.877. The molecule has 0 unspecified atom stereocenters. The van der Waals surface area contributed by atoms with Crippen LogP contribution in [0.2, 0.25) is 0 Å². The van der Waals surface area contributed by atoms with Crippen molar-refractivity contribution in [2.24, 2.45) is 0 Å². The Kier molecular flexibility index (Phi) is 3.98. The summed E-state index contributed by atoms with van der Waals surface area (Å²) in [6, 6.07) is 2.38. The van der Waals surface area contributed by atoms with Gasteiger partial charge in [0.15, 0.2) is 0 Å². The van der Waals surface area contributed by atoms with Crippen molar-refractivity contribution in [3.05, 3.63) is 24.3 Å². The van der Waals surface area contributed by atoms with Gasteiger partial charge in [0.2, 0.25) is 5.95 Å². The first-order valence-electron chi connectivity index (χ1n) is 4.42. The summed E-state index contributed by atoms with van der Waals surface area (Å²) in [4.78, 5) is 3.32. The zero-order chi connectivity index (χ0) is 11.3. The van der Waals surface area contributed by atoms with E-state index in [0.717, 1.165) is 12.3 Å². The van der Waals surface area contributed by atoms with E-state index in [2.05, 4.69) is 14.4 Å². The molecule has 1 heterocycles. The maximum absolute atomic E-state index is 12.4. The fourth-order valence-electron chi connectivity index (χ4n) is 0.864. The molecular weight excluding hydrogens is 221 g/mol. The summed E-state index contributed by atoms with van der Waals surface area (Å²) in [6.45, 7) is 2.20. The number of nitrogens with one attached hydrogen (secondary N) is 2. The lowest BCUT2D eigenvalue weighted by Gasteiger charge is -2.07. The first-order chi connectivity index (χ1) is 7.03. The van der Waals surface area contributed by atoms with E-state index < -0.39 is 16.2 Å². The van der Waals surface area contributed by atoms with Gasteiger partial charge in [0.25, 0.3) is 10.2 Å². The number of hydrogen-bond donors (Lipinski definition) is 2. The number of aromatic nitrogens is 1. The van der Waals surface area contributed by atoms with Crippen LogP contribution >= 0.6 is 0 Å². The number of anilines is 1. The minimum absolute atomic E-state index is 0.222. The Balaban J connectivity index is 2.65. The van der Waals surface area contributed by atoms with E-state index in [0.29, 0.717) is 13.0 Å². The number of hydrogen-bond acceptors (Lipinski definition) is 3. The predicted molar refractivity (Wildman–Crippen MR) is 55.0 cm³/mol. The van der Waals surface area contributed by atoms with Crippen molar-refractivity contribution >= 4 is 15.9 Å². The molecule has 0 bridgehead atoms. The second kappa shape index (κ2) is 5.04. The first kappa shape index (κ1) is 11.9. The van der Waals surface area contributed by atoms with Crippen molar-refractivity contribution in [1.82, 2.24) is 9.71 Å². The molecule has 1 rings (SSSR count). The molecule has 0 aliphatic carbocycles. The van der Waals surface area contributed by atoms with Crippen LogP contribution in [-0.2, 0) is 10.2 Å². The van der Waals surface area contributed by atoms with Crippen LogP contribution in [-0.4, -0.2) is 19.9 Å². The van der Waals surface area contributed by atoms with Crippen molar-refractivity contribution < 1.29 is 12.8 Å². The summed E-state index contributed by atoms with van der Waals surface area (Å²) in [7, 11) is -3.57. The highest BCUT2D eigenvalue weighted by Gasteiger charge is 2.08. The number of rotatable bonds is 5. The van der Waals surface area contributed by atoms with Crippen molar-refractivity contribution in [3.63, 3.8) is 0 Å². The third-order valence-electron chi connectivity index (χ3n) is 1.52. The lowest BCUT2D eigenvalue weighted by atomic mass is 10.4. The molecule has 0 aromatic carbocycles. The molecule has 0 radical (unpaired) electrons. The number of pyridine rings is 1. The normalized spacial score (nSPS) is 11.3. The minimum Gasteiger partial charge on any atom is -0.270 e. The molecule has 0 amide bonds. The molecular formula is C8H12FN3O2S. The molecule has 0 saturated heterocycles. The molecule has 2 N–H and O–H groups in total. The van der Waals surface area contributed by atoms with E-state index in [-0.39, 0.29) is 5.69 Å². The van der Waals surface area contributed by atoms with Crippen LogP contribution in [0, 0.1) is 5.95 Å². The summed E-state index contributed by atoms with van der Waals surface area (Å²) in [5, 5.41) is 0. The van der Waals surface area contributed by atoms with Gasteiger partial charge < -0.3 is 0 Å². The van der Waals surface area contributed by atoms with Crippen LogP contribution in [0.1, 0.15) is 13.3 Å². The molecule has 7 heteroatoms. The number of nitrogens with zero attached hydrogens (tertiary/aromatic N) is 1. The van der Waals surface area contributed by atoms with Crippen molar-refractivity contribution in [3.8, 4) is 0 Å². The summed E-state index contributed by atoms with van der Waals surface area (Å²) in [6.07, 6.45) is 1.81. The highest BCUT2D eigenvalue weighted by molar-refractivity contribution is 7.90. The smallest absolute Gasteiger partial charge is 0.270 e. The SMILES string of the molecule is CCCNS(=O)(=O)Nc1ccc(F)nc1. The molecule has 0 aliphatic rings. The maximum atomic E-state index is 12.4. The van der Waals surface area contributed by atoms with Crippen LogP contribution in [0.3, 0.4) is 0 Å². The Bertz CT molecular complexity index is 404. The molecule has 1 aromatic heterocycles. The van der Waals surface area contributed by atoms with E-state index >= 15 is 0 Å². The van der Waals surface area contributed by atoms with Crippen LogP contribution < -0.4 is 9.44 Å². The monoisotopic (exact) mass is 233 g/mol. The lowest BCUT2D eigenvalue weighted by molar-refractivity contribution is 0.581. The summed E-state index contributed by atoms with van der Waals surface area (Å²) in [5.41, 5.74) is 0.222. The Morgan fingerprint density at radius 1 is 1.47 bits per heavy atom. The maximum Gasteiger partial charge on any atom is 0.299 e. The summed E-state index contributed by atoms with van der Waals surface area (Å²) < 4.78 is 39.5. The van der Waals surface area contributed by atoms with Gasteiger partial charge >= 0.3 is 0 Å². The molecule has 84 valence electrons. The first-order valence-corrected chi connectivity index (χ1v) is 5.91. The third-order valence-corrected chi connectivity index (χ3v) is 2.61. The lowest BCUT2D eigenvalue weighted by Crippen LogP contribution is -2.30. The zero-order valence-corrected chi connectivity index (χ0v) is 9.01. The van der Waals surface area contributed by atoms with E-state index in [4.69, 9.17) is 0 Å². The van der Waals surface area contributed by atoms with Gasteiger partial charge in [-0.1, -0.05) is 6.92 Å². The van der Waals surface area contributed by atoms with E-state index in [1.807, 2.05) is 6.92 Å². The molecule has 0 fully saturated rings. The average Bonchev–Trinajstić information content (AvgIpc) is 2.18. The molecule has 0 spiro atoms. The second-order valence-corrected chi connectivity index (χ2v) is 4.37. The van der Waals surface area contributed by atoms with Crippen LogP contribution in [0.4, 0.5) is 10.1 Å². The Labute approximate surface area is 87.9 Å². The van der Waals surface area contributed by atoms with Gasteiger partial charge in [-0.3, -0.25) is 4.72 Å². The second-order valence-electron chi connectivity index (χ2n) is 2.87. The van der Waals surface area contributed by atoms with Crippen LogP contribution in [0.25, 0.3) is 0 Å². The quantitative estimate of drug-likeness (QED) is 0.741. The van der Waals surface area contributed by atoms with Crippen molar-refractivity contribution in [2.45, 2.75) is 13.3 Å². The largest absolute Gasteiger partial charge is 0.299 e. The van der Waals surface area contributed by atoms with Crippen LogP contribution in [0.5, 0.6) is 0 Å². The summed E-state index contributed by atoms with van der Waals surface area (Å²) in [5.74, 6) is -0.653. The fourth-order valence-corrected chi connectivity index (χ4v) is 1.84. The van der Waals surface area contributed by atoms with E-state index in [1.165, 1.54) is 6.07 Å². The van der Waals surface area contributed by atoms with Gasteiger partial charge in [-0.25, -0.2) is 4.98 Å². The minimum atomic E-state index is -3.57. The molecule has 0 atom stereocenters. The van der Waals surface area contributed by atoms with Crippen LogP contribution in [0.15, 0.2) is 18.3 Å². The fraction of sp³-hybridized carbons (Fsp3) is 0.375. The van der Waals surface area contributed by atoms with Gasteiger partial charge in [0.05, 0.1) is 11.9 Å².